The highest BCUT2D eigenvalue weighted by Crippen LogP contribution is 2.31. The molecule has 0 bridgehead atoms. The van der Waals surface area contributed by atoms with E-state index in [1.807, 2.05) is 0 Å². The van der Waals surface area contributed by atoms with E-state index in [0.29, 0.717) is 39.3 Å². The van der Waals surface area contributed by atoms with Crippen LogP contribution in [-0.4, -0.2) is 12.1 Å². The van der Waals surface area contributed by atoms with Gasteiger partial charge in [0.25, 0.3) is 6.01 Å². The second kappa shape index (κ2) is 4.94. The average Bonchev–Trinajstić information content (AvgIpc) is 2.80. The molecule has 3 N–H and O–H groups in total. The lowest BCUT2D eigenvalue weighted by molar-refractivity contribution is 0.416. The van der Waals surface area contributed by atoms with E-state index in [1.54, 1.807) is 43.5 Å². The number of benzene rings is 2. The molecule has 3 aromatic rings. The van der Waals surface area contributed by atoms with E-state index >= 15 is 0 Å². The zero-order valence-corrected chi connectivity index (χ0v) is 11.4. The molecular weight excluding hydrogens is 278 g/mol. The molecule has 2 aromatic carbocycles. The van der Waals surface area contributed by atoms with Crippen molar-refractivity contribution in [3.05, 3.63) is 41.4 Å². The summed E-state index contributed by atoms with van der Waals surface area (Å²) >= 11 is 5.98. The summed E-state index contributed by atoms with van der Waals surface area (Å²) in [5.74, 6) is 0.649. The Labute approximate surface area is 120 Å². The van der Waals surface area contributed by atoms with Crippen molar-refractivity contribution in [1.29, 1.82) is 0 Å². The number of nitrogens with two attached hydrogens (primary N) is 1. The molecule has 1 heterocycles. The molecule has 0 radical (unpaired) electrons. The second-order valence-corrected chi connectivity index (χ2v) is 4.65. The number of anilines is 3. The normalized spacial score (nSPS) is 10.7. The fraction of sp³-hybridized carbons (Fsp3) is 0.0714. The smallest absolute Gasteiger partial charge is 0.300 e. The maximum absolute atomic E-state index is 5.98. The summed E-state index contributed by atoms with van der Waals surface area (Å²) in [6.45, 7) is 0. The van der Waals surface area contributed by atoms with Gasteiger partial charge in [-0.05, 0) is 36.4 Å². The standard InChI is InChI=1S/C14H12ClN3O2/c1-19-12-4-2-8(15)6-10(12)17-14-18-11-7-9(16)3-5-13(11)20-14/h2-7H,16H2,1H3,(H,17,18). The van der Waals surface area contributed by atoms with Gasteiger partial charge in [-0.2, -0.15) is 4.98 Å². The highest BCUT2D eigenvalue weighted by molar-refractivity contribution is 6.31. The van der Waals surface area contributed by atoms with E-state index in [4.69, 9.17) is 26.5 Å². The first-order chi connectivity index (χ1) is 9.65. The largest absolute Gasteiger partial charge is 0.495 e. The minimum absolute atomic E-state index is 0.353. The van der Waals surface area contributed by atoms with Gasteiger partial charge in [0.15, 0.2) is 5.58 Å². The minimum Gasteiger partial charge on any atom is -0.495 e. The van der Waals surface area contributed by atoms with Crippen molar-refractivity contribution in [3.8, 4) is 5.75 Å². The first-order valence-corrected chi connectivity index (χ1v) is 6.30. The van der Waals surface area contributed by atoms with E-state index in [2.05, 4.69) is 10.3 Å². The molecule has 0 unspecified atom stereocenters. The number of methoxy groups -OCH3 is 1. The molecule has 0 aliphatic heterocycles. The Morgan fingerprint density at radius 1 is 1.25 bits per heavy atom. The van der Waals surface area contributed by atoms with Crippen molar-refractivity contribution in [2.24, 2.45) is 0 Å². The summed E-state index contributed by atoms with van der Waals surface area (Å²) in [6.07, 6.45) is 0. The molecule has 0 saturated heterocycles. The van der Waals surface area contributed by atoms with Crippen LogP contribution in [0.3, 0.4) is 0 Å². The van der Waals surface area contributed by atoms with Gasteiger partial charge in [-0.15, -0.1) is 0 Å². The fourth-order valence-corrected chi connectivity index (χ4v) is 2.06. The Morgan fingerprint density at radius 2 is 2.10 bits per heavy atom. The minimum atomic E-state index is 0.353. The van der Waals surface area contributed by atoms with Gasteiger partial charge in [-0.1, -0.05) is 11.6 Å². The zero-order chi connectivity index (χ0) is 14.1. The predicted molar refractivity (Wildman–Crippen MR) is 79.7 cm³/mol. The van der Waals surface area contributed by atoms with Crippen LogP contribution in [0.5, 0.6) is 5.75 Å². The zero-order valence-electron chi connectivity index (χ0n) is 10.7. The van der Waals surface area contributed by atoms with Gasteiger partial charge >= 0.3 is 0 Å². The van der Waals surface area contributed by atoms with Crippen LogP contribution in [0, 0.1) is 0 Å². The maximum Gasteiger partial charge on any atom is 0.300 e. The first-order valence-electron chi connectivity index (χ1n) is 5.92. The third-order valence-corrected chi connectivity index (χ3v) is 3.05. The van der Waals surface area contributed by atoms with Crippen LogP contribution in [0.15, 0.2) is 40.8 Å². The number of nitrogens with one attached hydrogen (secondary N) is 1. The van der Waals surface area contributed by atoms with Gasteiger partial charge in [0, 0.05) is 10.7 Å². The van der Waals surface area contributed by atoms with E-state index in [0.717, 1.165) is 0 Å². The molecule has 1 aromatic heterocycles. The summed E-state index contributed by atoms with van der Waals surface area (Å²) < 4.78 is 10.8. The number of aromatic nitrogens is 1. The molecule has 0 fully saturated rings. The van der Waals surface area contributed by atoms with Crippen LogP contribution in [0.1, 0.15) is 0 Å². The number of rotatable bonds is 3. The quantitative estimate of drug-likeness (QED) is 0.717. The molecule has 0 spiro atoms. The van der Waals surface area contributed by atoms with Crippen LogP contribution in [0.2, 0.25) is 5.02 Å². The van der Waals surface area contributed by atoms with Gasteiger partial charge in [0.1, 0.15) is 11.3 Å². The van der Waals surface area contributed by atoms with Crippen molar-refractivity contribution < 1.29 is 9.15 Å². The SMILES string of the molecule is COc1ccc(Cl)cc1Nc1nc2cc(N)ccc2o1. The topological polar surface area (TPSA) is 73.3 Å². The number of hydrogen-bond acceptors (Lipinski definition) is 5. The maximum atomic E-state index is 5.98. The number of fused-ring (bicyclic) bond motifs is 1. The lowest BCUT2D eigenvalue weighted by Crippen LogP contribution is -1.94. The van der Waals surface area contributed by atoms with Crippen molar-refractivity contribution >= 4 is 40.1 Å². The van der Waals surface area contributed by atoms with Crippen molar-refractivity contribution in [3.63, 3.8) is 0 Å². The Morgan fingerprint density at radius 3 is 2.90 bits per heavy atom. The number of halogens is 1. The summed E-state index contributed by atoms with van der Waals surface area (Å²) in [4.78, 5) is 4.32. The Balaban J connectivity index is 1.98. The Hall–Kier alpha value is -2.40. The fourth-order valence-electron chi connectivity index (χ4n) is 1.89. The number of hydrogen-bond donors (Lipinski definition) is 2. The average molecular weight is 290 g/mol. The predicted octanol–water partition coefficient (Wildman–Crippen LogP) is 3.82. The molecule has 0 atom stereocenters. The molecule has 0 aliphatic carbocycles. The molecule has 0 saturated carbocycles. The molecule has 0 aliphatic rings. The van der Waals surface area contributed by atoms with E-state index in [1.165, 1.54) is 0 Å². The molecule has 0 amide bonds. The Bertz CT molecular complexity index is 770. The number of ether oxygens (including phenoxy) is 1. The highest BCUT2D eigenvalue weighted by Gasteiger charge is 2.09. The monoisotopic (exact) mass is 289 g/mol. The molecule has 6 heteroatoms. The number of nitrogen functional groups attached to an aromatic ring is 1. The van der Waals surface area contributed by atoms with E-state index in [9.17, 15) is 0 Å². The number of nitrogens with zero attached hydrogens (tertiary/aromatic N) is 1. The Kier molecular flexibility index (Phi) is 3.12. The molecule has 20 heavy (non-hydrogen) atoms. The van der Waals surface area contributed by atoms with Crippen LogP contribution in [0.25, 0.3) is 11.1 Å². The second-order valence-electron chi connectivity index (χ2n) is 4.22. The highest BCUT2D eigenvalue weighted by atomic mass is 35.5. The molecular formula is C14H12ClN3O2. The van der Waals surface area contributed by atoms with Crippen molar-refractivity contribution in [2.75, 3.05) is 18.2 Å². The summed E-state index contributed by atoms with van der Waals surface area (Å²) in [6, 6.07) is 10.9. The van der Waals surface area contributed by atoms with Gasteiger partial charge in [-0.25, -0.2) is 0 Å². The van der Waals surface area contributed by atoms with Crippen LogP contribution >= 0.6 is 11.6 Å². The van der Waals surface area contributed by atoms with Crippen LogP contribution < -0.4 is 15.8 Å². The summed E-state index contributed by atoms with van der Waals surface area (Å²) in [7, 11) is 1.58. The summed E-state index contributed by atoms with van der Waals surface area (Å²) in [5.41, 5.74) is 8.37. The van der Waals surface area contributed by atoms with Gasteiger partial charge < -0.3 is 20.2 Å². The van der Waals surface area contributed by atoms with Gasteiger partial charge in [-0.3, -0.25) is 0 Å². The lowest BCUT2D eigenvalue weighted by Gasteiger charge is -2.08. The third-order valence-electron chi connectivity index (χ3n) is 2.81. The van der Waals surface area contributed by atoms with E-state index < -0.39 is 0 Å². The van der Waals surface area contributed by atoms with E-state index in [-0.39, 0.29) is 0 Å². The third kappa shape index (κ3) is 2.35. The number of oxazole rings is 1. The molecule has 102 valence electrons. The van der Waals surface area contributed by atoms with Crippen molar-refractivity contribution in [1.82, 2.24) is 4.98 Å². The van der Waals surface area contributed by atoms with Crippen LogP contribution in [0.4, 0.5) is 17.4 Å². The first kappa shape index (κ1) is 12.6. The summed E-state index contributed by atoms with van der Waals surface area (Å²) in [5, 5.41) is 3.64. The van der Waals surface area contributed by atoms with Gasteiger partial charge in [0.2, 0.25) is 0 Å². The van der Waals surface area contributed by atoms with Crippen LogP contribution in [-0.2, 0) is 0 Å². The molecule has 3 rings (SSSR count). The van der Waals surface area contributed by atoms with Crippen molar-refractivity contribution in [2.45, 2.75) is 0 Å². The van der Waals surface area contributed by atoms with Gasteiger partial charge in [0.05, 0.1) is 12.8 Å². The molecule has 5 nitrogen and oxygen atoms in total. The lowest BCUT2D eigenvalue weighted by atomic mass is 10.3.